The number of hydrogen-bond donors (Lipinski definition) is 3. The van der Waals surface area contributed by atoms with Gasteiger partial charge in [0.2, 0.25) is 5.91 Å². The van der Waals surface area contributed by atoms with Crippen molar-refractivity contribution in [2.75, 3.05) is 88.2 Å². The molecular formula is C31H45N9O3. The SMILES string of the molecule is C=CC(=O)N1CCOC[C@@H]1CNc1nc(Nc2ccc(N3CCC(N4CCN(C)CC4)CC3)cc2)c(C(N)=O)nc1CC. The average Bonchev–Trinajstić information content (AvgIpc) is 3.04. The highest BCUT2D eigenvalue weighted by atomic mass is 16.5. The van der Waals surface area contributed by atoms with Crippen LogP contribution in [-0.2, 0) is 16.0 Å². The molecule has 0 unspecified atom stereocenters. The minimum absolute atomic E-state index is 0.0851. The van der Waals surface area contributed by atoms with Gasteiger partial charge in [-0.05, 0) is 56.7 Å². The van der Waals surface area contributed by atoms with Crippen LogP contribution >= 0.6 is 0 Å². The zero-order chi connectivity index (χ0) is 30.3. The Morgan fingerprint density at radius 1 is 1.05 bits per heavy atom. The third-order valence-electron chi connectivity index (χ3n) is 8.74. The molecule has 0 spiro atoms. The number of rotatable bonds is 10. The summed E-state index contributed by atoms with van der Waals surface area (Å²) in [6.45, 7) is 14.1. The molecule has 12 heteroatoms. The first-order valence-electron chi connectivity index (χ1n) is 15.4. The van der Waals surface area contributed by atoms with Crippen LogP contribution < -0.4 is 21.3 Å². The van der Waals surface area contributed by atoms with E-state index in [2.05, 4.69) is 56.1 Å². The number of anilines is 4. The van der Waals surface area contributed by atoms with E-state index in [4.69, 9.17) is 15.5 Å². The summed E-state index contributed by atoms with van der Waals surface area (Å²) in [6.07, 6.45) is 4.22. The zero-order valence-corrected chi connectivity index (χ0v) is 25.4. The van der Waals surface area contributed by atoms with E-state index in [1.54, 1.807) is 4.90 Å². The van der Waals surface area contributed by atoms with E-state index < -0.39 is 5.91 Å². The number of morpholine rings is 1. The molecule has 1 aromatic heterocycles. The summed E-state index contributed by atoms with van der Waals surface area (Å²) in [5.41, 5.74) is 8.38. The van der Waals surface area contributed by atoms with Crippen molar-refractivity contribution in [1.82, 2.24) is 24.7 Å². The van der Waals surface area contributed by atoms with Crippen molar-refractivity contribution in [3.63, 3.8) is 0 Å². The topological polar surface area (TPSA) is 132 Å². The maximum absolute atomic E-state index is 12.3. The molecule has 4 heterocycles. The molecule has 232 valence electrons. The Labute approximate surface area is 254 Å². The van der Waals surface area contributed by atoms with E-state index >= 15 is 0 Å². The van der Waals surface area contributed by atoms with Crippen LogP contribution in [0.1, 0.15) is 35.9 Å². The molecule has 43 heavy (non-hydrogen) atoms. The van der Waals surface area contributed by atoms with Crippen molar-refractivity contribution in [3.05, 3.63) is 48.3 Å². The molecule has 0 aliphatic carbocycles. The number of likely N-dealkylation sites (N-methyl/N-ethyl adjacent to an activating group) is 1. The molecule has 0 bridgehead atoms. The van der Waals surface area contributed by atoms with Gasteiger partial charge in [-0.25, -0.2) is 9.97 Å². The molecule has 4 N–H and O–H groups in total. The van der Waals surface area contributed by atoms with Gasteiger partial charge in [0.15, 0.2) is 11.5 Å². The number of benzene rings is 1. The number of aryl methyl sites for hydroxylation is 1. The smallest absolute Gasteiger partial charge is 0.271 e. The van der Waals surface area contributed by atoms with Gasteiger partial charge in [0.05, 0.1) is 24.9 Å². The highest BCUT2D eigenvalue weighted by Gasteiger charge is 2.28. The molecule has 3 saturated heterocycles. The molecule has 5 rings (SSSR count). The van der Waals surface area contributed by atoms with Gasteiger partial charge >= 0.3 is 0 Å². The van der Waals surface area contributed by atoms with E-state index in [1.165, 1.54) is 24.6 Å². The molecular weight excluding hydrogens is 546 g/mol. The monoisotopic (exact) mass is 591 g/mol. The molecule has 1 aromatic carbocycles. The Morgan fingerprint density at radius 2 is 1.77 bits per heavy atom. The molecule has 0 radical (unpaired) electrons. The number of primary amides is 1. The fraction of sp³-hybridized carbons (Fsp3) is 0.548. The summed E-state index contributed by atoms with van der Waals surface area (Å²) in [7, 11) is 2.20. The van der Waals surface area contributed by atoms with Crippen LogP contribution in [0.15, 0.2) is 36.9 Å². The molecule has 2 amide bonds. The summed E-state index contributed by atoms with van der Waals surface area (Å²) < 4.78 is 5.61. The Kier molecular flexibility index (Phi) is 10.1. The van der Waals surface area contributed by atoms with Gasteiger partial charge in [0.25, 0.3) is 5.91 Å². The number of nitrogens with zero attached hydrogens (tertiary/aromatic N) is 6. The first kappa shape index (κ1) is 30.7. The predicted molar refractivity (Wildman–Crippen MR) is 169 cm³/mol. The summed E-state index contributed by atoms with van der Waals surface area (Å²) in [4.78, 5) is 43.2. The predicted octanol–water partition coefficient (Wildman–Crippen LogP) is 1.92. The van der Waals surface area contributed by atoms with E-state index in [-0.39, 0.29) is 23.5 Å². The molecule has 0 saturated carbocycles. The fourth-order valence-electron chi connectivity index (χ4n) is 6.13. The number of piperazine rings is 1. The van der Waals surface area contributed by atoms with Crippen LogP contribution in [0.2, 0.25) is 0 Å². The summed E-state index contributed by atoms with van der Waals surface area (Å²) >= 11 is 0. The first-order valence-corrected chi connectivity index (χ1v) is 15.4. The lowest BCUT2D eigenvalue weighted by Crippen LogP contribution is -2.52. The first-order chi connectivity index (χ1) is 20.9. The second-order valence-corrected chi connectivity index (χ2v) is 11.5. The van der Waals surface area contributed by atoms with Crippen molar-refractivity contribution in [3.8, 4) is 0 Å². The highest BCUT2D eigenvalue weighted by molar-refractivity contribution is 5.96. The van der Waals surface area contributed by atoms with Gasteiger partial charge < -0.3 is 35.8 Å². The molecule has 3 fully saturated rings. The number of carbonyl (C=O) groups is 2. The third kappa shape index (κ3) is 7.43. The summed E-state index contributed by atoms with van der Waals surface area (Å²) in [5.74, 6) is 0.0315. The molecule has 12 nitrogen and oxygen atoms in total. The highest BCUT2D eigenvalue weighted by Crippen LogP contribution is 2.27. The third-order valence-corrected chi connectivity index (χ3v) is 8.74. The number of hydrogen-bond acceptors (Lipinski definition) is 10. The van der Waals surface area contributed by atoms with Gasteiger partial charge in [-0.2, -0.15) is 0 Å². The number of piperidine rings is 1. The molecule has 3 aliphatic heterocycles. The van der Waals surface area contributed by atoms with Gasteiger partial charge in [-0.1, -0.05) is 13.5 Å². The fourth-order valence-corrected chi connectivity index (χ4v) is 6.13. The average molecular weight is 592 g/mol. The lowest BCUT2D eigenvalue weighted by molar-refractivity contribution is -0.133. The Bertz CT molecular complexity index is 1270. The van der Waals surface area contributed by atoms with E-state index in [1.807, 2.05) is 19.1 Å². The zero-order valence-electron chi connectivity index (χ0n) is 25.4. The van der Waals surface area contributed by atoms with Crippen molar-refractivity contribution in [2.45, 2.75) is 38.3 Å². The number of ether oxygens (including phenoxy) is 1. The van der Waals surface area contributed by atoms with Gasteiger partial charge in [0.1, 0.15) is 5.82 Å². The van der Waals surface area contributed by atoms with Crippen LogP contribution in [-0.4, -0.2) is 121 Å². The van der Waals surface area contributed by atoms with Crippen molar-refractivity contribution in [2.24, 2.45) is 5.73 Å². The molecule has 2 aromatic rings. The Hall–Kier alpha value is -3.74. The minimum atomic E-state index is -0.653. The van der Waals surface area contributed by atoms with Crippen molar-refractivity contribution < 1.29 is 14.3 Å². The molecule has 3 aliphatic rings. The van der Waals surface area contributed by atoms with Gasteiger partial charge in [-0.15, -0.1) is 0 Å². The number of amides is 2. The number of carbonyl (C=O) groups excluding carboxylic acids is 2. The van der Waals surface area contributed by atoms with Crippen LogP contribution in [0.4, 0.5) is 23.0 Å². The van der Waals surface area contributed by atoms with Crippen molar-refractivity contribution >= 4 is 34.8 Å². The second-order valence-electron chi connectivity index (χ2n) is 11.5. The van der Waals surface area contributed by atoms with Gasteiger partial charge in [0, 0.05) is 69.8 Å². The maximum Gasteiger partial charge on any atom is 0.271 e. The summed E-state index contributed by atoms with van der Waals surface area (Å²) in [5, 5.41) is 6.59. The lowest BCUT2D eigenvalue weighted by Gasteiger charge is -2.42. The maximum atomic E-state index is 12.3. The summed E-state index contributed by atoms with van der Waals surface area (Å²) in [6, 6.07) is 8.67. The Balaban J connectivity index is 1.24. The quantitative estimate of drug-likeness (QED) is 0.352. The number of nitrogens with two attached hydrogens (primary N) is 1. The normalized spacial score (nSPS) is 20.6. The van der Waals surface area contributed by atoms with Crippen LogP contribution in [0.3, 0.4) is 0 Å². The number of nitrogens with one attached hydrogen (secondary N) is 2. The van der Waals surface area contributed by atoms with E-state index in [9.17, 15) is 9.59 Å². The lowest BCUT2D eigenvalue weighted by atomic mass is 10.0. The minimum Gasteiger partial charge on any atom is -0.377 e. The van der Waals surface area contributed by atoms with E-state index in [0.29, 0.717) is 50.3 Å². The van der Waals surface area contributed by atoms with Gasteiger partial charge in [-0.3, -0.25) is 14.5 Å². The second kappa shape index (κ2) is 14.2. The van der Waals surface area contributed by atoms with Crippen LogP contribution in [0.25, 0.3) is 0 Å². The van der Waals surface area contributed by atoms with E-state index in [0.717, 1.165) is 45.0 Å². The Morgan fingerprint density at radius 3 is 2.42 bits per heavy atom. The molecule has 1 atom stereocenters. The van der Waals surface area contributed by atoms with Crippen molar-refractivity contribution in [1.29, 1.82) is 0 Å². The van der Waals surface area contributed by atoms with Crippen LogP contribution in [0.5, 0.6) is 0 Å². The standard InChI is InChI=1S/C31H45N9O3/c1-4-26-30(33-20-25-21-43-19-18-40(25)27(41)5-2)36-31(28(35-26)29(32)42)34-22-6-8-23(9-7-22)38-12-10-24(11-13-38)39-16-14-37(3)15-17-39/h5-9,24-25H,2,4,10-21H2,1,3H3,(H2,32,42)(H2,33,34,36)/t25-/m0/s1. The van der Waals surface area contributed by atoms with Crippen LogP contribution in [0, 0.1) is 0 Å². The number of aromatic nitrogens is 2. The largest absolute Gasteiger partial charge is 0.377 e.